The summed E-state index contributed by atoms with van der Waals surface area (Å²) in [6.45, 7) is 6.61. The van der Waals surface area contributed by atoms with Crippen molar-refractivity contribution >= 4 is 17.7 Å². The van der Waals surface area contributed by atoms with Gasteiger partial charge in [-0.15, -0.1) is 11.8 Å². The number of benzene rings is 1. The Labute approximate surface area is 125 Å². The lowest BCUT2D eigenvalue weighted by Gasteiger charge is -2.20. The third-order valence-corrected chi connectivity index (χ3v) is 5.14. The van der Waals surface area contributed by atoms with Crippen LogP contribution in [0.3, 0.4) is 0 Å². The van der Waals surface area contributed by atoms with E-state index < -0.39 is 12.0 Å². The van der Waals surface area contributed by atoms with Crippen LogP contribution >= 0.6 is 11.8 Å². The Kier molecular flexibility index (Phi) is 5.11. The van der Waals surface area contributed by atoms with Gasteiger partial charge in [-0.3, -0.25) is 10.1 Å². The van der Waals surface area contributed by atoms with Crippen LogP contribution < -0.4 is 5.32 Å². The number of hydrogen-bond donors (Lipinski definition) is 2. The van der Waals surface area contributed by atoms with E-state index in [0.29, 0.717) is 17.6 Å². The standard InChI is InChI=1S/C16H23NO2S/c1-10(2)8-12-4-6-13(7-5-12)11(3)15-17-14(9-20-15)16(18)19/h4-7,10-11,14-15,17H,8-9H2,1-3H3,(H,18,19)/t11-,14-,15+/m0/s1. The number of thioether (sulfide) groups is 1. The van der Waals surface area contributed by atoms with Gasteiger partial charge < -0.3 is 5.11 Å². The highest BCUT2D eigenvalue weighted by Crippen LogP contribution is 2.31. The zero-order valence-electron chi connectivity index (χ0n) is 12.3. The van der Waals surface area contributed by atoms with Crippen molar-refractivity contribution in [1.82, 2.24) is 5.32 Å². The molecule has 20 heavy (non-hydrogen) atoms. The normalized spacial score (nSPS) is 24.0. The quantitative estimate of drug-likeness (QED) is 0.876. The minimum Gasteiger partial charge on any atom is -0.480 e. The highest BCUT2D eigenvalue weighted by molar-refractivity contribution is 8.00. The summed E-state index contributed by atoms with van der Waals surface area (Å²) in [6, 6.07) is 8.34. The second kappa shape index (κ2) is 6.64. The predicted octanol–water partition coefficient (Wildman–Crippen LogP) is 3.10. The first kappa shape index (κ1) is 15.4. The smallest absolute Gasteiger partial charge is 0.321 e. The summed E-state index contributed by atoms with van der Waals surface area (Å²) < 4.78 is 0. The Morgan fingerprint density at radius 1 is 1.35 bits per heavy atom. The first-order valence-electron chi connectivity index (χ1n) is 7.16. The molecule has 1 heterocycles. The zero-order valence-corrected chi connectivity index (χ0v) is 13.1. The fraction of sp³-hybridized carbons (Fsp3) is 0.562. The number of aliphatic carboxylic acids is 1. The Morgan fingerprint density at radius 3 is 2.50 bits per heavy atom. The molecule has 3 nitrogen and oxygen atoms in total. The SMILES string of the molecule is CC(C)Cc1ccc([C@H](C)[C@@H]2N[C@H](C(=O)O)CS2)cc1. The van der Waals surface area contributed by atoms with Gasteiger partial charge >= 0.3 is 5.97 Å². The van der Waals surface area contributed by atoms with Crippen molar-refractivity contribution in [2.24, 2.45) is 5.92 Å². The lowest BCUT2D eigenvalue weighted by molar-refractivity contribution is -0.138. The third kappa shape index (κ3) is 3.76. The molecule has 1 aliphatic rings. The largest absolute Gasteiger partial charge is 0.480 e. The Hall–Kier alpha value is -1.00. The predicted molar refractivity (Wildman–Crippen MR) is 84.2 cm³/mol. The van der Waals surface area contributed by atoms with Gasteiger partial charge in [0.25, 0.3) is 0 Å². The van der Waals surface area contributed by atoms with E-state index in [9.17, 15) is 4.79 Å². The van der Waals surface area contributed by atoms with Gasteiger partial charge in [-0.2, -0.15) is 0 Å². The van der Waals surface area contributed by atoms with Crippen molar-refractivity contribution in [3.63, 3.8) is 0 Å². The maximum Gasteiger partial charge on any atom is 0.321 e. The highest BCUT2D eigenvalue weighted by atomic mass is 32.2. The van der Waals surface area contributed by atoms with E-state index in [-0.39, 0.29) is 5.37 Å². The lowest BCUT2D eigenvalue weighted by atomic mass is 9.96. The molecule has 1 aliphatic heterocycles. The molecule has 1 aromatic carbocycles. The number of nitrogens with one attached hydrogen (secondary N) is 1. The number of hydrogen-bond acceptors (Lipinski definition) is 3. The average molecular weight is 293 g/mol. The molecule has 110 valence electrons. The minimum absolute atomic E-state index is 0.187. The van der Waals surface area contributed by atoms with Gasteiger partial charge in [0.2, 0.25) is 0 Å². The van der Waals surface area contributed by atoms with Crippen LogP contribution in [0.2, 0.25) is 0 Å². The fourth-order valence-electron chi connectivity index (χ4n) is 2.53. The van der Waals surface area contributed by atoms with Crippen LogP contribution in [0.4, 0.5) is 0 Å². The monoisotopic (exact) mass is 293 g/mol. The summed E-state index contributed by atoms with van der Waals surface area (Å²) in [5.74, 6) is 0.883. The van der Waals surface area contributed by atoms with Gasteiger partial charge in [0, 0.05) is 11.7 Å². The molecule has 4 heteroatoms. The van der Waals surface area contributed by atoms with Gasteiger partial charge in [0.15, 0.2) is 0 Å². The maximum absolute atomic E-state index is 11.0. The molecule has 0 aliphatic carbocycles. The van der Waals surface area contributed by atoms with E-state index in [1.807, 2.05) is 0 Å². The van der Waals surface area contributed by atoms with Gasteiger partial charge in [0.05, 0.1) is 5.37 Å². The van der Waals surface area contributed by atoms with Crippen LogP contribution in [-0.4, -0.2) is 28.2 Å². The van der Waals surface area contributed by atoms with E-state index in [0.717, 1.165) is 6.42 Å². The van der Waals surface area contributed by atoms with Crippen molar-refractivity contribution in [1.29, 1.82) is 0 Å². The maximum atomic E-state index is 11.0. The first-order chi connectivity index (χ1) is 9.47. The van der Waals surface area contributed by atoms with Crippen LogP contribution in [0.1, 0.15) is 37.8 Å². The van der Waals surface area contributed by atoms with Crippen molar-refractivity contribution in [2.75, 3.05) is 5.75 Å². The van der Waals surface area contributed by atoms with Crippen LogP contribution in [0.5, 0.6) is 0 Å². The summed E-state index contributed by atoms with van der Waals surface area (Å²) in [6.07, 6.45) is 1.10. The molecular weight excluding hydrogens is 270 g/mol. The first-order valence-corrected chi connectivity index (χ1v) is 8.21. The van der Waals surface area contributed by atoms with Crippen LogP contribution in [0.25, 0.3) is 0 Å². The topological polar surface area (TPSA) is 49.3 Å². The van der Waals surface area contributed by atoms with E-state index in [1.54, 1.807) is 11.8 Å². The van der Waals surface area contributed by atoms with E-state index in [4.69, 9.17) is 5.11 Å². The summed E-state index contributed by atoms with van der Waals surface area (Å²) in [4.78, 5) is 11.0. The Morgan fingerprint density at radius 2 is 2.00 bits per heavy atom. The van der Waals surface area contributed by atoms with Crippen molar-refractivity contribution in [3.8, 4) is 0 Å². The van der Waals surface area contributed by atoms with Crippen LogP contribution in [0, 0.1) is 5.92 Å². The average Bonchev–Trinajstić information content (AvgIpc) is 2.88. The number of carbonyl (C=O) groups is 1. The Bertz CT molecular complexity index is 458. The van der Waals surface area contributed by atoms with Gasteiger partial charge in [-0.05, 0) is 23.5 Å². The molecule has 2 rings (SSSR count). The number of carboxylic acids is 1. The van der Waals surface area contributed by atoms with Crippen LogP contribution in [0.15, 0.2) is 24.3 Å². The molecule has 3 atom stereocenters. The molecule has 0 amide bonds. The Balaban J connectivity index is 1.99. The molecule has 2 N–H and O–H groups in total. The summed E-state index contributed by atoms with van der Waals surface area (Å²) >= 11 is 1.70. The zero-order chi connectivity index (χ0) is 14.7. The number of rotatable bonds is 5. The molecule has 1 saturated heterocycles. The van der Waals surface area contributed by atoms with Crippen molar-refractivity contribution < 1.29 is 9.90 Å². The minimum atomic E-state index is -0.750. The van der Waals surface area contributed by atoms with Gasteiger partial charge in [-0.25, -0.2) is 0 Å². The van der Waals surface area contributed by atoms with Gasteiger partial charge in [0.1, 0.15) is 6.04 Å². The fourth-order valence-corrected chi connectivity index (χ4v) is 3.87. The molecule has 1 fully saturated rings. The summed E-state index contributed by atoms with van der Waals surface area (Å²) in [7, 11) is 0. The van der Waals surface area contributed by atoms with Crippen LogP contribution in [-0.2, 0) is 11.2 Å². The van der Waals surface area contributed by atoms with Gasteiger partial charge in [-0.1, -0.05) is 45.0 Å². The molecule has 0 unspecified atom stereocenters. The molecule has 0 aromatic heterocycles. The van der Waals surface area contributed by atoms with E-state index in [1.165, 1.54) is 11.1 Å². The highest BCUT2D eigenvalue weighted by Gasteiger charge is 2.32. The second-order valence-corrected chi connectivity index (χ2v) is 7.11. The molecule has 1 aromatic rings. The van der Waals surface area contributed by atoms with E-state index in [2.05, 4.69) is 50.4 Å². The summed E-state index contributed by atoms with van der Waals surface area (Å²) in [5, 5.41) is 12.4. The second-order valence-electron chi connectivity index (χ2n) is 5.94. The molecule has 0 saturated carbocycles. The molecule has 0 bridgehead atoms. The van der Waals surface area contributed by atoms with Crippen molar-refractivity contribution in [2.45, 2.75) is 44.5 Å². The third-order valence-electron chi connectivity index (χ3n) is 3.71. The molecule has 0 radical (unpaired) electrons. The molecular formula is C16H23NO2S. The summed E-state index contributed by atoms with van der Waals surface area (Å²) in [5.41, 5.74) is 2.64. The molecule has 0 spiro atoms. The van der Waals surface area contributed by atoms with E-state index >= 15 is 0 Å². The van der Waals surface area contributed by atoms with Crippen molar-refractivity contribution in [3.05, 3.63) is 35.4 Å². The number of carboxylic acid groups (broad SMARTS) is 1. The lowest BCUT2D eigenvalue weighted by Crippen LogP contribution is -2.38.